The Morgan fingerprint density at radius 3 is 2.47 bits per heavy atom. The second kappa shape index (κ2) is 18.8. The largest absolute Gasteiger partial charge is 0.493 e. The number of aromatic nitrogens is 3. The number of benzene rings is 4. The molecule has 2 aromatic heterocycles. The molecule has 1 amide bonds. The van der Waals surface area contributed by atoms with Crippen molar-refractivity contribution in [3.05, 3.63) is 169 Å². The van der Waals surface area contributed by atoms with Crippen LogP contribution in [0.1, 0.15) is 75.7 Å². The number of nitrogens with one attached hydrogen (secondary N) is 1. The SMILES string of the molecule is Cc1nccc(-c2ccc(C[C@H](NC(=O)[C@@H]3Cc4cc5c(cc4CN3Cc3cccnn3)CC(c3ccc(OC(C)c4ccc(Cl)c(Cl)c4)cc3)CCO5)C(=O)O)c(Cl)c2)c1C. The number of pyridine rings is 1. The molecule has 10 nitrogen and oxygen atoms in total. The third-order valence-corrected chi connectivity index (χ3v) is 13.1. The Kier molecular flexibility index (Phi) is 13.1. The number of ether oxygens (including phenoxy) is 2. The zero-order valence-corrected chi connectivity index (χ0v) is 36.8. The maximum absolute atomic E-state index is 14.3. The van der Waals surface area contributed by atoms with Crippen molar-refractivity contribution in [1.29, 1.82) is 0 Å². The molecule has 4 atom stereocenters. The average Bonchev–Trinajstić information content (AvgIpc) is 3.47. The average molecular weight is 891 g/mol. The van der Waals surface area contributed by atoms with Gasteiger partial charge in [-0.25, -0.2) is 4.79 Å². The van der Waals surface area contributed by atoms with Gasteiger partial charge in [-0.05, 0) is 151 Å². The number of hydrogen-bond donors (Lipinski definition) is 2. The highest BCUT2D eigenvalue weighted by molar-refractivity contribution is 6.42. The number of hydrogen-bond acceptors (Lipinski definition) is 8. The van der Waals surface area contributed by atoms with E-state index in [0.29, 0.717) is 52.4 Å². The summed E-state index contributed by atoms with van der Waals surface area (Å²) in [4.78, 5) is 33.4. The molecule has 4 heterocycles. The summed E-state index contributed by atoms with van der Waals surface area (Å²) in [6, 6.07) is 27.3. The summed E-state index contributed by atoms with van der Waals surface area (Å²) in [5, 5.41) is 23.0. The predicted molar refractivity (Wildman–Crippen MR) is 241 cm³/mol. The molecule has 62 heavy (non-hydrogen) atoms. The summed E-state index contributed by atoms with van der Waals surface area (Å²) in [7, 11) is 0. The van der Waals surface area contributed by atoms with Crippen LogP contribution in [0.25, 0.3) is 11.1 Å². The van der Waals surface area contributed by atoms with E-state index in [1.165, 1.54) is 5.56 Å². The van der Waals surface area contributed by atoms with Crippen LogP contribution in [0.5, 0.6) is 11.5 Å². The molecule has 0 fully saturated rings. The number of carboxylic acid groups (broad SMARTS) is 1. The summed E-state index contributed by atoms with van der Waals surface area (Å²) in [6.45, 7) is 7.27. The van der Waals surface area contributed by atoms with Gasteiger partial charge in [0, 0.05) is 42.6 Å². The maximum Gasteiger partial charge on any atom is 0.326 e. The van der Waals surface area contributed by atoms with Crippen LogP contribution in [-0.4, -0.2) is 55.8 Å². The summed E-state index contributed by atoms with van der Waals surface area (Å²) >= 11 is 19.1. The Labute approximate surface area is 376 Å². The van der Waals surface area contributed by atoms with E-state index in [1.807, 2.05) is 86.3 Å². The number of fused-ring (bicyclic) bond motifs is 2. The molecule has 13 heteroatoms. The van der Waals surface area contributed by atoms with Crippen LogP contribution in [0.15, 0.2) is 103 Å². The third kappa shape index (κ3) is 9.74. The van der Waals surface area contributed by atoms with Crippen molar-refractivity contribution in [2.75, 3.05) is 6.61 Å². The normalized spacial score (nSPS) is 17.1. The minimum Gasteiger partial charge on any atom is -0.493 e. The highest BCUT2D eigenvalue weighted by Crippen LogP contribution is 2.38. The number of aryl methyl sites for hydroxylation is 1. The Bertz CT molecular complexity index is 2610. The van der Waals surface area contributed by atoms with Gasteiger partial charge in [-0.1, -0.05) is 71.2 Å². The van der Waals surface area contributed by atoms with Crippen molar-refractivity contribution in [2.45, 2.75) is 83.6 Å². The molecule has 4 aromatic carbocycles. The first-order valence-electron chi connectivity index (χ1n) is 20.6. The topological polar surface area (TPSA) is 127 Å². The summed E-state index contributed by atoms with van der Waals surface area (Å²) in [5.74, 6) is 0.242. The summed E-state index contributed by atoms with van der Waals surface area (Å²) in [6.07, 6.45) is 5.13. The van der Waals surface area contributed by atoms with Crippen molar-refractivity contribution >= 4 is 46.7 Å². The quantitative estimate of drug-likeness (QED) is 0.123. The molecule has 2 N–H and O–H groups in total. The maximum atomic E-state index is 14.3. The number of carbonyl (C=O) groups is 2. The predicted octanol–water partition coefficient (Wildman–Crippen LogP) is 10.1. The van der Waals surface area contributed by atoms with Crippen LogP contribution in [0, 0.1) is 13.8 Å². The van der Waals surface area contributed by atoms with E-state index in [4.69, 9.17) is 44.3 Å². The van der Waals surface area contributed by atoms with Crippen molar-refractivity contribution in [3.8, 4) is 22.6 Å². The van der Waals surface area contributed by atoms with Crippen molar-refractivity contribution in [1.82, 2.24) is 25.4 Å². The minimum absolute atomic E-state index is 0.0120. The zero-order chi connectivity index (χ0) is 43.5. The lowest BCUT2D eigenvalue weighted by atomic mass is 9.86. The van der Waals surface area contributed by atoms with Gasteiger partial charge in [0.15, 0.2) is 0 Å². The molecule has 0 radical (unpaired) electrons. The second-order valence-corrected chi connectivity index (χ2v) is 17.3. The fraction of sp³-hybridized carbons (Fsp3) is 0.286. The third-order valence-electron chi connectivity index (χ3n) is 12.0. The zero-order valence-electron chi connectivity index (χ0n) is 34.6. The van der Waals surface area contributed by atoms with E-state index in [9.17, 15) is 14.7 Å². The molecular formula is C49H46Cl3N5O5. The molecule has 2 aliphatic heterocycles. The van der Waals surface area contributed by atoms with Crippen LogP contribution in [0.2, 0.25) is 15.1 Å². The Hall–Kier alpha value is -5.52. The number of rotatable bonds is 12. The molecule has 2 unspecified atom stereocenters. The van der Waals surface area contributed by atoms with Gasteiger partial charge in [-0.3, -0.25) is 14.7 Å². The lowest BCUT2D eigenvalue weighted by molar-refractivity contribution is -0.142. The fourth-order valence-corrected chi connectivity index (χ4v) is 8.97. The Balaban J connectivity index is 0.989. The smallest absolute Gasteiger partial charge is 0.326 e. The van der Waals surface area contributed by atoms with E-state index in [1.54, 1.807) is 18.5 Å². The van der Waals surface area contributed by atoms with Crippen molar-refractivity contribution in [2.24, 2.45) is 0 Å². The molecule has 2 aliphatic rings. The molecule has 0 saturated carbocycles. The number of amides is 1. The van der Waals surface area contributed by atoms with E-state index >= 15 is 0 Å². The lowest BCUT2D eigenvalue weighted by Crippen LogP contribution is -2.54. The van der Waals surface area contributed by atoms with Gasteiger partial charge in [-0.15, -0.1) is 0 Å². The number of carboxylic acids is 1. The minimum atomic E-state index is -1.21. The van der Waals surface area contributed by atoms with Crippen LogP contribution in [-0.2, 0) is 41.9 Å². The first-order chi connectivity index (χ1) is 29.9. The number of aliphatic carboxylic acids is 1. The molecule has 0 spiro atoms. The van der Waals surface area contributed by atoms with Crippen molar-refractivity contribution in [3.63, 3.8) is 0 Å². The molecule has 318 valence electrons. The second-order valence-electron chi connectivity index (χ2n) is 16.1. The van der Waals surface area contributed by atoms with Gasteiger partial charge < -0.3 is 19.9 Å². The fourth-order valence-electron chi connectivity index (χ4n) is 8.41. The highest BCUT2D eigenvalue weighted by atomic mass is 35.5. The molecule has 0 saturated heterocycles. The lowest BCUT2D eigenvalue weighted by Gasteiger charge is -2.36. The van der Waals surface area contributed by atoms with E-state index in [0.717, 1.165) is 69.0 Å². The van der Waals surface area contributed by atoms with Crippen LogP contribution >= 0.6 is 34.8 Å². The number of halogens is 3. The standard InChI is InChI=1S/C49H46Cl3N5O5/c1-28-29(2)53-17-14-41(28)34-6-7-35(43(51)22-34)23-45(49(59)60)55-48(58)46-24-36-25-47-37(20-38(36)26-57(46)27-39-5-4-16-54-56-39)19-33(15-18-61-47)31-8-11-40(12-9-31)62-30(3)32-10-13-42(50)44(52)21-32/h4-14,16-17,20-22,25,30,33,45-46H,15,18-19,23-24,26-27H2,1-3H3,(H,55,58)(H,59,60)/t30?,33?,45-,46-/m0/s1. The van der Waals surface area contributed by atoms with Crippen molar-refractivity contribution < 1.29 is 24.2 Å². The monoisotopic (exact) mass is 889 g/mol. The Morgan fingerprint density at radius 2 is 1.73 bits per heavy atom. The van der Waals surface area contributed by atoms with Gasteiger partial charge in [0.2, 0.25) is 5.91 Å². The summed E-state index contributed by atoms with van der Waals surface area (Å²) < 4.78 is 12.6. The molecule has 6 aromatic rings. The molecule has 0 aliphatic carbocycles. The van der Waals surface area contributed by atoms with Crippen LogP contribution < -0.4 is 14.8 Å². The van der Waals surface area contributed by atoms with Gasteiger partial charge in [0.25, 0.3) is 0 Å². The number of nitrogens with zero attached hydrogens (tertiary/aromatic N) is 4. The van der Waals surface area contributed by atoms with Gasteiger partial charge in [0.1, 0.15) is 23.6 Å². The van der Waals surface area contributed by atoms with E-state index < -0.39 is 24.0 Å². The summed E-state index contributed by atoms with van der Waals surface area (Å²) in [5.41, 5.74) is 10.5. The van der Waals surface area contributed by atoms with E-state index in [-0.39, 0.29) is 18.4 Å². The Morgan fingerprint density at radius 1 is 0.903 bits per heavy atom. The first kappa shape index (κ1) is 43.1. The van der Waals surface area contributed by atoms with Crippen LogP contribution in [0.3, 0.4) is 0 Å². The molecule has 0 bridgehead atoms. The van der Waals surface area contributed by atoms with Gasteiger partial charge in [0.05, 0.1) is 28.4 Å². The van der Waals surface area contributed by atoms with Gasteiger partial charge >= 0.3 is 5.97 Å². The van der Waals surface area contributed by atoms with Crippen LogP contribution in [0.4, 0.5) is 0 Å². The first-order valence-corrected chi connectivity index (χ1v) is 21.8. The number of carbonyl (C=O) groups excluding carboxylic acids is 1. The molecule has 8 rings (SSSR count). The molecular weight excluding hydrogens is 845 g/mol. The van der Waals surface area contributed by atoms with E-state index in [2.05, 4.69) is 44.8 Å². The highest BCUT2D eigenvalue weighted by Gasteiger charge is 2.35. The van der Waals surface area contributed by atoms with Gasteiger partial charge in [-0.2, -0.15) is 10.2 Å².